The maximum atomic E-state index is 10.5. The van der Waals surface area contributed by atoms with Crippen LogP contribution in [0.4, 0.5) is 0 Å². The first kappa shape index (κ1) is 36.0. The molecule has 0 amide bonds. The molecular weight excluding hydrogens is 533 g/mol. The number of carbonyl (C=O) groups excluding carboxylic acids is 2. The van der Waals surface area contributed by atoms with Crippen molar-refractivity contribution in [3.63, 3.8) is 0 Å². The van der Waals surface area contributed by atoms with Gasteiger partial charge in [-0.05, 0) is 27.7 Å². The van der Waals surface area contributed by atoms with E-state index < -0.39 is 37.1 Å². The second kappa shape index (κ2) is 26.3. The largest absolute Gasteiger partial charge is 0.479 e. The molecule has 0 atom stereocenters. The van der Waals surface area contributed by atoms with Crippen LogP contribution in [0, 0.1) is 0 Å². The Labute approximate surface area is 174 Å². The molecule has 0 saturated carbocycles. The van der Waals surface area contributed by atoms with Gasteiger partial charge in [0.05, 0.1) is 0 Å². The van der Waals surface area contributed by atoms with Crippen LogP contribution in [0.15, 0.2) is 24.3 Å². The molecular formula is C16H28O10Ta. The van der Waals surface area contributed by atoms with Gasteiger partial charge in [-0.3, -0.25) is 0 Å². The van der Waals surface area contributed by atoms with Crippen molar-refractivity contribution in [1.29, 1.82) is 0 Å². The molecule has 0 rings (SSSR count). The average molecular weight is 561 g/mol. The molecule has 27 heavy (non-hydrogen) atoms. The molecule has 157 valence electrons. The molecule has 0 heterocycles. The van der Waals surface area contributed by atoms with E-state index in [4.69, 9.17) is 20.4 Å². The monoisotopic (exact) mass is 561 g/mol. The Morgan fingerprint density at radius 3 is 1.04 bits per heavy atom. The van der Waals surface area contributed by atoms with Crippen LogP contribution in [0.25, 0.3) is 0 Å². The van der Waals surface area contributed by atoms with Gasteiger partial charge in [-0.1, -0.05) is 13.2 Å². The molecule has 0 aliphatic rings. The summed E-state index contributed by atoms with van der Waals surface area (Å²) in [5.41, 5.74) is 0.391. The van der Waals surface area contributed by atoms with Crippen LogP contribution in [0.1, 0.15) is 27.7 Å². The fourth-order valence-electron chi connectivity index (χ4n) is 0.501. The zero-order valence-electron chi connectivity index (χ0n) is 15.9. The Balaban J connectivity index is -0.0000000899. The second-order valence-corrected chi connectivity index (χ2v) is 4.13. The third kappa shape index (κ3) is 45.4. The van der Waals surface area contributed by atoms with E-state index >= 15 is 0 Å². The zero-order valence-corrected chi connectivity index (χ0v) is 19.1. The van der Waals surface area contributed by atoms with Gasteiger partial charge in [-0.15, -0.1) is 0 Å². The number of hydrogen-bond donors (Lipinski definition) is 4. The fraction of sp³-hybridized carbons (Fsp3) is 0.500. The van der Waals surface area contributed by atoms with Crippen molar-refractivity contribution in [1.82, 2.24) is 0 Å². The van der Waals surface area contributed by atoms with E-state index in [0.717, 1.165) is 0 Å². The molecule has 0 spiro atoms. The Morgan fingerprint density at radius 2 is 0.926 bits per heavy atom. The number of carbonyl (C=O) groups is 4. The molecule has 4 N–H and O–H groups in total. The number of aliphatic hydroxyl groups excluding tert-OH is 2. The average Bonchev–Trinajstić information content (AvgIpc) is 2.52. The zero-order chi connectivity index (χ0) is 21.7. The first-order valence-electron chi connectivity index (χ1n) is 7.21. The molecule has 0 saturated heterocycles. The molecule has 0 unspecified atom stereocenters. The summed E-state index contributed by atoms with van der Waals surface area (Å²) >= 11 is 0. The molecule has 0 fully saturated rings. The Kier molecular flexibility index (Phi) is 35.0. The summed E-state index contributed by atoms with van der Waals surface area (Å²) in [7, 11) is 0. The number of carboxylic acid groups (broad SMARTS) is 2. The standard InChI is InChI=1S/2C6H8O4.2C2H6O.Ta/c2*1-4(2)6(9)10-3-5(7)8;2*1-2-3;/h2*1,3H2,2H3,(H,7,8);2*3H,2H2,1H3;. The Morgan fingerprint density at radius 1 is 0.741 bits per heavy atom. The summed E-state index contributed by atoms with van der Waals surface area (Å²) in [4.78, 5) is 40.6. The van der Waals surface area contributed by atoms with Gasteiger partial charge in [0.25, 0.3) is 0 Å². The molecule has 0 aromatic heterocycles. The predicted molar refractivity (Wildman–Crippen MR) is 92.3 cm³/mol. The summed E-state index contributed by atoms with van der Waals surface area (Å²) in [6, 6.07) is 0. The van der Waals surface area contributed by atoms with Crippen LogP contribution < -0.4 is 0 Å². The number of hydrogen-bond acceptors (Lipinski definition) is 8. The first-order chi connectivity index (χ1) is 11.9. The molecule has 10 nitrogen and oxygen atoms in total. The second-order valence-electron chi connectivity index (χ2n) is 4.13. The van der Waals surface area contributed by atoms with E-state index in [9.17, 15) is 19.2 Å². The molecule has 0 aliphatic carbocycles. The number of rotatable bonds is 6. The third-order valence-electron chi connectivity index (χ3n) is 1.35. The number of aliphatic carboxylic acids is 2. The van der Waals surface area contributed by atoms with Gasteiger partial charge in [0, 0.05) is 46.7 Å². The number of carboxylic acids is 2. The quantitative estimate of drug-likeness (QED) is 0.263. The van der Waals surface area contributed by atoms with Gasteiger partial charge in [-0.2, -0.15) is 0 Å². The Hall–Kier alpha value is -1.98. The van der Waals surface area contributed by atoms with Gasteiger partial charge in [0.15, 0.2) is 13.2 Å². The molecule has 0 aromatic carbocycles. The van der Waals surface area contributed by atoms with E-state index in [2.05, 4.69) is 22.6 Å². The topological polar surface area (TPSA) is 168 Å². The van der Waals surface area contributed by atoms with Crippen molar-refractivity contribution in [2.24, 2.45) is 0 Å². The van der Waals surface area contributed by atoms with Crippen molar-refractivity contribution in [3.8, 4) is 0 Å². The van der Waals surface area contributed by atoms with Crippen molar-refractivity contribution in [3.05, 3.63) is 24.3 Å². The van der Waals surface area contributed by atoms with E-state index in [1.165, 1.54) is 13.8 Å². The van der Waals surface area contributed by atoms with Crippen LogP contribution >= 0.6 is 0 Å². The van der Waals surface area contributed by atoms with Crippen LogP contribution in [0.2, 0.25) is 0 Å². The van der Waals surface area contributed by atoms with Crippen LogP contribution in [0.3, 0.4) is 0 Å². The third-order valence-corrected chi connectivity index (χ3v) is 1.35. The minimum absolute atomic E-state index is 0. The van der Waals surface area contributed by atoms with Gasteiger partial charge in [0.1, 0.15) is 0 Å². The van der Waals surface area contributed by atoms with Gasteiger partial charge < -0.3 is 29.9 Å². The molecule has 11 heteroatoms. The van der Waals surface area contributed by atoms with E-state index in [0.29, 0.717) is 0 Å². The summed E-state index contributed by atoms with van der Waals surface area (Å²) in [5.74, 6) is -3.70. The van der Waals surface area contributed by atoms with Crippen molar-refractivity contribution in [2.75, 3.05) is 26.4 Å². The number of aliphatic hydroxyl groups is 2. The van der Waals surface area contributed by atoms with E-state index in [1.54, 1.807) is 13.8 Å². The smallest absolute Gasteiger partial charge is 0.341 e. The number of esters is 2. The number of ether oxygens (including phenoxy) is 2. The minimum Gasteiger partial charge on any atom is -0.479 e. The summed E-state index contributed by atoms with van der Waals surface area (Å²) in [6.45, 7) is 12.1. The van der Waals surface area contributed by atoms with Gasteiger partial charge >= 0.3 is 23.9 Å². The van der Waals surface area contributed by atoms with E-state index in [1.807, 2.05) is 0 Å². The SMILES string of the molecule is C=C(C)C(=O)OCC(=O)O.C=C(C)C(=O)OCC(=O)O.CCO.CCO.[Ta]. The predicted octanol–water partition coefficient (Wildman–Crippen LogP) is 0.375. The normalized spacial score (nSPS) is 7.63. The van der Waals surface area contributed by atoms with E-state index in [-0.39, 0.29) is 46.7 Å². The molecule has 0 aromatic rings. The maximum Gasteiger partial charge on any atom is 0.341 e. The summed E-state index contributed by atoms with van der Waals surface area (Å²) in [6.07, 6.45) is 0. The minimum atomic E-state index is -1.17. The van der Waals surface area contributed by atoms with Gasteiger partial charge in [0.2, 0.25) is 0 Å². The van der Waals surface area contributed by atoms with Crippen molar-refractivity contribution in [2.45, 2.75) is 27.7 Å². The van der Waals surface area contributed by atoms with Crippen LogP contribution in [-0.4, -0.2) is 70.7 Å². The summed E-state index contributed by atoms with van der Waals surface area (Å²) < 4.78 is 8.45. The van der Waals surface area contributed by atoms with Crippen LogP contribution in [-0.2, 0) is 51.0 Å². The molecule has 0 bridgehead atoms. The van der Waals surface area contributed by atoms with Crippen molar-refractivity contribution >= 4 is 23.9 Å². The van der Waals surface area contributed by atoms with Crippen LogP contribution in [0.5, 0.6) is 0 Å². The summed E-state index contributed by atoms with van der Waals surface area (Å²) in [5, 5.41) is 31.2. The maximum absolute atomic E-state index is 10.5. The van der Waals surface area contributed by atoms with Gasteiger partial charge in [-0.25, -0.2) is 19.2 Å². The molecule has 0 aliphatic heterocycles. The first-order valence-corrected chi connectivity index (χ1v) is 7.21. The Bertz CT molecular complexity index is 418. The molecule has 1 radical (unpaired) electrons. The van der Waals surface area contributed by atoms with Crippen molar-refractivity contribution < 1.29 is 71.5 Å². The fourth-order valence-corrected chi connectivity index (χ4v) is 0.501.